The normalized spacial score (nSPS) is 11.5. The lowest BCUT2D eigenvalue weighted by atomic mass is 9.87. The van der Waals surface area contributed by atoms with E-state index in [1.54, 1.807) is 11.3 Å². The molecule has 40 heavy (non-hydrogen) atoms. The summed E-state index contributed by atoms with van der Waals surface area (Å²) in [6.45, 7) is 0. The second-order valence-corrected chi connectivity index (χ2v) is 11.1. The predicted molar refractivity (Wildman–Crippen MR) is 168 cm³/mol. The smallest absolute Gasteiger partial charge is 0.136 e. The van der Waals surface area contributed by atoms with Gasteiger partial charge in [-0.15, -0.1) is 11.3 Å². The fraction of sp³-hybridized carbons (Fsp3) is 0. The SMILES string of the molecule is N#Cc1cc(-c2cccc3c2sc2ccccc23)c(-c2ccc3c(c2)oc2ccccc23)cc1-c1ccccc1. The molecule has 3 heteroatoms. The molecule has 2 nitrogen and oxygen atoms in total. The van der Waals surface area contributed by atoms with Crippen LogP contribution in [0.15, 0.2) is 132 Å². The van der Waals surface area contributed by atoms with Crippen molar-refractivity contribution in [1.82, 2.24) is 0 Å². The number of rotatable bonds is 3. The number of hydrogen-bond acceptors (Lipinski definition) is 3. The van der Waals surface area contributed by atoms with Crippen molar-refractivity contribution in [1.29, 1.82) is 5.26 Å². The standard InChI is InChI=1S/C37H21NOS/c38-22-25-19-33(30-14-8-13-29-28-12-5-7-16-36(28)40-37(29)30)32(21-31(25)23-9-2-1-3-10-23)24-17-18-27-26-11-4-6-15-34(26)39-35(27)20-24/h1-21H. The number of hydrogen-bond donors (Lipinski definition) is 0. The Balaban J connectivity index is 1.45. The molecule has 0 radical (unpaired) electrons. The Kier molecular flexibility index (Phi) is 5.10. The van der Waals surface area contributed by atoms with Crippen molar-refractivity contribution in [3.63, 3.8) is 0 Å². The molecule has 0 saturated heterocycles. The summed E-state index contributed by atoms with van der Waals surface area (Å²) in [5.41, 5.74) is 8.66. The van der Waals surface area contributed by atoms with Gasteiger partial charge in [0.15, 0.2) is 0 Å². The van der Waals surface area contributed by atoms with Crippen molar-refractivity contribution in [3.05, 3.63) is 133 Å². The summed E-state index contributed by atoms with van der Waals surface area (Å²) in [7, 11) is 0. The van der Waals surface area contributed by atoms with Crippen LogP contribution < -0.4 is 0 Å². The summed E-state index contributed by atoms with van der Waals surface area (Å²) in [5, 5.41) is 15.0. The maximum absolute atomic E-state index is 10.3. The zero-order chi connectivity index (χ0) is 26.6. The minimum atomic E-state index is 0.660. The molecule has 0 N–H and O–H groups in total. The molecule has 0 aliphatic heterocycles. The average molecular weight is 528 g/mol. The number of thiophene rings is 1. The number of nitriles is 1. The van der Waals surface area contributed by atoms with E-state index < -0.39 is 0 Å². The van der Waals surface area contributed by atoms with E-state index >= 15 is 0 Å². The summed E-state index contributed by atoms with van der Waals surface area (Å²) in [6.07, 6.45) is 0. The molecule has 0 aliphatic rings. The highest BCUT2D eigenvalue weighted by atomic mass is 32.1. The Morgan fingerprint density at radius 3 is 2.12 bits per heavy atom. The minimum absolute atomic E-state index is 0.660. The monoisotopic (exact) mass is 527 g/mol. The summed E-state index contributed by atoms with van der Waals surface area (Å²) in [4.78, 5) is 0. The fourth-order valence-corrected chi connectivity index (χ4v) is 7.09. The van der Waals surface area contributed by atoms with Gasteiger partial charge in [-0.25, -0.2) is 0 Å². The lowest BCUT2D eigenvalue weighted by Crippen LogP contribution is -1.92. The van der Waals surface area contributed by atoms with Crippen LogP contribution in [0.4, 0.5) is 0 Å². The predicted octanol–water partition coefficient (Wildman–Crippen LogP) is 10.8. The molecule has 0 fully saturated rings. The molecular formula is C37H21NOS. The first-order valence-electron chi connectivity index (χ1n) is 13.2. The molecule has 0 aliphatic carbocycles. The van der Waals surface area contributed by atoms with E-state index in [-0.39, 0.29) is 0 Å². The Morgan fingerprint density at radius 1 is 0.500 bits per heavy atom. The van der Waals surface area contributed by atoms with Crippen molar-refractivity contribution in [3.8, 4) is 39.4 Å². The largest absolute Gasteiger partial charge is 0.456 e. The van der Waals surface area contributed by atoms with Gasteiger partial charge in [-0.3, -0.25) is 0 Å². The van der Waals surface area contributed by atoms with Gasteiger partial charge < -0.3 is 4.42 Å². The second-order valence-electron chi connectivity index (χ2n) is 10.0. The van der Waals surface area contributed by atoms with Crippen LogP contribution in [-0.2, 0) is 0 Å². The number of nitrogens with zero attached hydrogens (tertiary/aromatic N) is 1. The topological polar surface area (TPSA) is 36.9 Å². The molecule has 0 saturated carbocycles. The van der Waals surface area contributed by atoms with Crippen molar-refractivity contribution in [2.45, 2.75) is 0 Å². The van der Waals surface area contributed by atoms with Gasteiger partial charge in [-0.1, -0.05) is 91.0 Å². The third kappa shape index (κ3) is 3.48. The number of furan rings is 1. The van der Waals surface area contributed by atoms with Gasteiger partial charge in [0.2, 0.25) is 0 Å². The van der Waals surface area contributed by atoms with E-state index in [1.165, 1.54) is 20.2 Å². The molecule has 0 atom stereocenters. The van der Waals surface area contributed by atoms with E-state index in [0.29, 0.717) is 5.56 Å². The van der Waals surface area contributed by atoms with Crippen molar-refractivity contribution >= 4 is 53.4 Å². The Labute approximate surface area is 235 Å². The summed E-state index contributed by atoms with van der Waals surface area (Å²) < 4.78 is 8.77. The van der Waals surface area contributed by atoms with Crippen LogP contribution in [0.5, 0.6) is 0 Å². The van der Waals surface area contributed by atoms with E-state index in [0.717, 1.165) is 55.3 Å². The Hall–Kier alpha value is -5.17. The van der Waals surface area contributed by atoms with Crippen LogP contribution in [0.3, 0.4) is 0 Å². The van der Waals surface area contributed by atoms with Crippen molar-refractivity contribution in [2.24, 2.45) is 0 Å². The van der Waals surface area contributed by atoms with Crippen molar-refractivity contribution in [2.75, 3.05) is 0 Å². The van der Waals surface area contributed by atoms with Crippen LogP contribution in [0.25, 0.3) is 75.5 Å². The van der Waals surface area contributed by atoms with Crippen LogP contribution in [0.1, 0.15) is 5.56 Å². The molecule has 186 valence electrons. The minimum Gasteiger partial charge on any atom is -0.456 e. The summed E-state index contributed by atoms with van der Waals surface area (Å²) in [6, 6.07) is 46.6. The Bertz CT molecular complexity index is 2280. The molecule has 0 unspecified atom stereocenters. The van der Waals surface area contributed by atoms with Gasteiger partial charge in [0, 0.05) is 42.1 Å². The first-order chi connectivity index (χ1) is 19.8. The highest BCUT2D eigenvalue weighted by Gasteiger charge is 2.19. The highest BCUT2D eigenvalue weighted by Crippen LogP contribution is 2.45. The van der Waals surface area contributed by atoms with Gasteiger partial charge in [0.05, 0.1) is 11.6 Å². The molecule has 2 aromatic heterocycles. The van der Waals surface area contributed by atoms with Crippen LogP contribution in [0.2, 0.25) is 0 Å². The number of fused-ring (bicyclic) bond motifs is 6. The molecule has 6 aromatic carbocycles. The quantitative estimate of drug-likeness (QED) is 0.229. The molecule has 0 amide bonds. The first-order valence-corrected chi connectivity index (χ1v) is 14.1. The van der Waals surface area contributed by atoms with Gasteiger partial charge in [0.1, 0.15) is 11.2 Å². The molecule has 0 bridgehead atoms. The zero-order valence-electron chi connectivity index (χ0n) is 21.4. The van der Waals surface area contributed by atoms with Gasteiger partial charge in [-0.05, 0) is 58.7 Å². The maximum Gasteiger partial charge on any atom is 0.136 e. The van der Waals surface area contributed by atoms with Gasteiger partial charge >= 0.3 is 0 Å². The van der Waals surface area contributed by atoms with Crippen molar-refractivity contribution < 1.29 is 4.42 Å². The number of para-hydroxylation sites is 1. The lowest BCUT2D eigenvalue weighted by Gasteiger charge is -2.16. The fourth-order valence-electron chi connectivity index (χ4n) is 5.86. The Morgan fingerprint density at radius 2 is 1.25 bits per heavy atom. The first kappa shape index (κ1) is 22.8. The molecule has 8 rings (SSSR count). The molecule has 2 heterocycles. The summed E-state index contributed by atoms with van der Waals surface area (Å²) in [5.74, 6) is 0. The van der Waals surface area contributed by atoms with E-state index in [4.69, 9.17) is 4.42 Å². The highest BCUT2D eigenvalue weighted by molar-refractivity contribution is 7.26. The molecule has 0 spiro atoms. The van der Waals surface area contributed by atoms with Gasteiger partial charge in [-0.2, -0.15) is 5.26 Å². The molecule has 8 aromatic rings. The van der Waals surface area contributed by atoms with Crippen LogP contribution in [0, 0.1) is 11.3 Å². The number of benzene rings is 6. The van der Waals surface area contributed by atoms with Crippen LogP contribution >= 0.6 is 11.3 Å². The molecular weight excluding hydrogens is 506 g/mol. The lowest BCUT2D eigenvalue weighted by molar-refractivity contribution is 0.669. The van der Waals surface area contributed by atoms with Crippen LogP contribution in [-0.4, -0.2) is 0 Å². The summed E-state index contributed by atoms with van der Waals surface area (Å²) >= 11 is 1.81. The maximum atomic E-state index is 10.3. The zero-order valence-corrected chi connectivity index (χ0v) is 22.2. The second kappa shape index (κ2) is 8.95. The van der Waals surface area contributed by atoms with E-state index in [2.05, 4.69) is 97.1 Å². The average Bonchev–Trinajstić information content (AvgIpc) is 3.59. The third-order valence-corrected chi connectivity index (χ3v) is 8.97. The van der Waals surface area contributed by atoms with Gasteiger partial charge in [0.25, 0.3) is 0 Å². The van der Waals surface area contributed by atoms with E-state index in [9.17, 15) is 5.26 Å². The third-order valence-electron chi connectivity index (χ3n) is 7.75. The van der Waals surface area contributed by atoms with E-state index in [1.807, 2.05) is 36.4 Å².